The van der Waals surface area contributed by atoms with Crippen molar-refractivity contribution in [3.8, 4) is 0 Å². The first-order valence-electron chi connectivity index (χ1n) is 20.5. The monoisotopic (exact) mass is 801 g/mol. The van der Waals surface area contributed by atoms with Crippen LogP contribution in [0.4, 0.5) is 0 Å². The van der Waals surface area contributed by atoms with Gasteiger partial charge in [-0.05, 0) is 83.5 Å². The molecule has 0 saturated heterocycles. The number of hydrogen-bond donors (Lipinski definition) is 3. The molecule has 0 spiro atoms. The van der Waals surface area contributed by atoms with Gasteiger partial charge in [0.15, 0.2) is 6.10 Å². The molecule has 4 N–H and O–H groups in total. The molecule has 0 heterocycles. The molecule has 0 bridgehead atoms. The lowest BCUT2D eigenvalue weighted by molar-refractivity contribution is -0.161. The molecule has 3 atom stereocenters. The van der Waals surface area contributed by atoms with Crippen molar-refractivity contribution in [3.63, 3.8) is 0 Å². The minimum atomic E-state index is -4.46. The van der Waals surface area contributed by atoms with E-state index < -0.39 is 38.6 Å². The predicted molar refractivity (Wildman–Crippen MR) is 230 cm³/mol. The number of allylic oxidation sites excluding steroid dienone is 17. The Morgan fingerprint density at radius 3 is 1.73 bits per heavy atom. The van der Waals surface area contributed by atoms with E-state index in [-0.39, 0.29) is 39.0 Å². The first kappa shape index (κ1) is 52.6. The van der Waals surface area contributed by atoms with E-state index in [9.17, 15) is 24.2 Å². The maximum absolute atomic E-state index is 12.6. The van der Waals surface area contributed by atoms with E-state index in [1.807, 2.05) is 12.2 Å². The summed E-state index contributed by atoms with van der Waals surface area (Å²) in [5, 5.41) is 10.3. The number of rotatable bonds is 36. The third-order valence-electron chi connectivity index (χ3n) is 7.76. The van der Waals surface area contributed by atoms with Gasteiger partial charge in [-0.2, -0.15) is 0 Å². The van der Waals surface area contributed by atoms with Crippen LogP contribution in [0.5, 0.6) is 0 Å². The van der Waals surface area contributed by atoms with Gasteiger partial charge in [-0.15, -0.1) is 0 Å². The summed E-state index contributed by atoms with van der Waals surface area (Å²) in [4.78, 5) is 34.8. The lowest BCUT2D eigenvalue weighted by atomic mass is 10.1. The number of ether oxygens (including phenoxy) is 2. The number of carbonyl (C=O) groups excluding carboxylic acids is 2. The van der Waals surface area contributed by atoms with E-state index in [1.54, 1.807) is 12.2 Å². The van der Waals surface area contributed by atoms with Crippen LogP contribution in [0.25, 0.3) is 0 Å². The quantitative estimate of drug-likeness (QED) is 0.0183. The van der Waals surface area contributed by atoms with Crippen molar-refractivity contribution in [2.75, 3.05) is 26.4 Å². The number of aliphatic hydroxyl groups is 1. The van der Waals surface area contributed by atoms with Crippen LogP contribution < -0.4 is 5.73 Å². The summed E-state index contributed by atoms with van der Waals surface area (Å²) in [5.74, 6) is -1.17. The topological polar surface area (TPSA) is 155 Å². The van der Waals surface area contributed by atoms with Crippen LogP contribution in [-0.4, -0.2) is 60.5 Å². The number of esters is 2. The Kier molecular flexibility index (Phi) is 37.5. The number of unbranched alkanes of at least 4 members (excludes halogenated alkanes) is 5. The molecule has 2 unspecified atom stereocenters. The number of phosphoric ester groups is 1. The Labute approximate surface area is 338 Å². The number of phosphoric acid groups is 1. The Hall–Kier alpha value is -3.37. The molecule has 0 rings (SSSR count). The molecule has 0 aliphatic rings. The molecule has 10 nitrogen and oxygen atoms in total. The first-order chi connectivity index (χ1) is 27.2. The highest BCUT2D eigenvalue weighted by Crippen LogP contribution is 2.43. The van der Waals surface area contributed by atoms with Gasteiger partial charge in [0.25, 0.3) is 0 Å². The summed E-state index contributed by atoms with van der Waals surface area (Å²) in [5.41, 5.74) is 5.32. The molecule has 0 aromatic carbocycles. The van der Waals surface area contributed by atoms with Crippen molar-refractivity contribution in [2.24, 2.45) is 5.73 Å². The number of hydrogen-bond acceptors (Lipinski definition) is 9. The lowest BCUT2D eigenvalue weighted by Gasteiger charge is -2.20. The fourth-order valence-corrected chi connectivity index (χ4v) is 5.45. The van der Waals surface area contributed by atoms with Crippen LogP contribution in [0, 0.1) is 0 Å². The Balaban J connectivity index is 4.53. The molecule has 11 heteroatoms. The molecular weight excluding hydrogens is 729 g/mol. The number of aliphatic hydroxyl groups excluding tert-OH is 1. The van der Waals surface area contributed by atoms with Gasteiger partial charge >= 0.3 is 19.8 Å². The molecule has 316 valence electrons. The molecule has 0 aromatic heterocycles. The summed E-state index contributed by atoms with van der Waals surface area (Å²) in [6, 6.07) is 0. The van der Waals surface area contributed by atoms with Crippen molar-refractivity contribution in [1.29, 1.82) is 0 Å². The Morgan fingerprint density at radius 2 is 1.18 bits per heavy atom. The highest BCUT2D eigenvalue weighted by molar-refractivity contribution is 7.47. The zero-order chi connectivity index (χ0) is 41.2. The Morgan fingerprint density at radius 1 is 0.643 bits per heavy atom. The fourth-order valence-electron chi connectivity index (χ4n) is 4.69. The summed E-state index contributed by atoms with van der Waals surface area (Å²) >= 11 is 0. The lowest BCUT2D eigenvalue weighted by Crippen LogP contribution is -2.30. The first-order valence-corrected chi connectivity index (χ1v) is 22.0. The molecule has 0 amide bonds. The molecule has 0 aliphatic carbocycles. The van der Waals surface area contributed by atoms with Crippen molar-refractivity contribution >= 4 is 19.8 Å². The SMILES string of the molecule is CC/C=C\C/C=C\C/C=C\C/C=C\C/C=C\C=C/C(O)CCC(=O)O[C@H](COC(=O)CCCC/C=C\C/C=C\C/C=C\CCCCC)COP(=O)(O)OCCN. The van der Waals surface area contributed by atoms with Crippen LogP contribution in [0.1, 0.15) is 123 Å². The van der Waals surface area contributed by atoms with Gasteiger partial charge in [0, 0.05) is 19.4 Å². The predicted octanol–water partition coefficient (Wildman–Crippen LogP) is 10.6. The summed E-state index contributed by atoms with van der Waals surface area (Å²) < 4.78 is 32.5. The zero-order valence-electron chi connectivity index (χ0n) is 34.2. The average molecular weight is 802 g/mol. The van der Waals surface area contributed by atoms with E-state index in [4.69, 9.17) is 24.3 Å². The minimum absolute atomic E-state index is 0.00571. The second kappa shape index (κ2) is 39.8. The van der Waals surface area contributed by atoms with Gasteiger partial charge in [0.1, 0.15) is 6.61 Å². The molecule has 0 saturated carbocycles. The van der Waals surface area contributed by atoms with Gasteiger partial charge in [0.05, 0.1) is 19.3 Å². The molecular formula is C45H72NO9P. The normalized spacial score (nSPS) is 15.0. The van der Waals surface area contributed by atoms with Crippen molar-refractivity contribution in [1.82, 2.24) is 0 Å². The van der Waals surface area contributed by atoms with Crippen LogP contribution in [0.2, 0.25) is 0 Å². The van der Waals surface area contributed by atoms with E-state index in [1.165, 1.54) is 19.3 Å². The smallest absolute Gasteiger partial charge is 0.462 e. The average Bonchev–Trinajstić information content (AvgIpc) is 3.18. The van der Waals surface area contributed by atoms with E-state index in [0.29, 0.717) is 6.42 Å². The van der Waals surface area contributed by atoms with Gasteiger partial charge in [0.2, 0.25) is 0 Å². The third-order valence-corrected chi connectivity index (χ3v) is 8.74. The molecule has 56 heavy (non-hydrogen) atoms. The fraction of sp³-hybridized carbons (Fsp3) is 0.556. The van der Waals surface area contributed by atoms with E-state index in [2.05, 4.69) is 98.9 Å². The molecule has 0 aliphatic heterocycles. The van der Waals surface area contributed by atoms with E-state index >= 15 is 0 Å². The molecule has 0 radical (unpaired) electrons. The van der Waals surface area contributed by atoms with Crippen LogP contribution in [-0.2, 0) is 32.7 Å². The van der Waals surface area contributed by atoms with Gasteiger partial charge in [-0.25, -0.2) is 4.57 Å². The minimum Gasteiger partial charge on any atom is -0.462 e. The van der Waals surface area contributed by atoms with Crippen LogP contribution in [0.3, 0.4) is 0 Å². The summed E-state index contributed by atoms with van der Waals surface area (Å²) in [7, 11) is -4.46. The largest absolute Gasteiger partial charge is 0.472 e. The van der Waals surface area contributed by atoms with Crippen molar-refractivity contribution in [3.05, 3.63) is 109 Å². The van der Waals surface area contributed by atoms with Gasteiger partial charge in [-0.3, -0.25) is 18.6 Å². The molecule has 0 aromatic rings. The van der Waals surface area contributed by atoms with Gasteiger partial charge < -0.3 is 25.2 Å². The van der Waals surface area contributed by atoms with Crippen molar-refractivity contribution in [2.45, 2.75) is 135 Å². The maximum atomic E-state index is 12.6. The van der Waals surface area contributed by atoms with Crippen LogP contribution >= 0.6 is 7.82 Å². The highest BCUT2D eigenvalue weighted by Gasteiger charge is 2.26. The standard InChI is InChI=1S/C45H72NO9P/c1-3-5-7-9-11-13-15-17-19-21-22-24-26-28-30-32-34-42(47)36-37-45(49)55-43(41-54-56(50,51)53-39-38-46)40-52-44(48)35-33-31-29-27-25-23-20-18-16-14-12-10-8-6-4-2/h5,7,11-14,17-20,22,24-25,27-28,30,32,34,42-43,47H,3-4,6,8-10,15-16,21,23,26,29,31,33,35-41,46H2,1-2H3,(H,50,51)/b7-5-,13-11-,14-12-,19-17-,20-18-,24-22-,27-25-,30-28-,34-32-/t42?,43-/m1/s1. The summed E-state index contributed by atoms with van der Waals surface area (Å²) in [6.07, 6.45) is 48.8. The van der Waals surface area contributed by atoms with E-state index in [0.717, 1.165) is 64.2 Å². The Bertz CT molecular complexity index is 1300. The van der Waals surface area contributed by atoms with Gasteiger partial charge in [-0.1, -0.05) is 136 Å². The van der Waals surface area contributed by atoms with Crippen molar-refractivity contribution < 1.29 is 42.7 Å². The maximum Gasteiger partial charge on any atom is 0.472 e. The number of nitrogens with two attached hydrogens (primary N) is 1. The highest BCUT2D eigenvalue weighted by atomic mass is 31.2. The summed E-state index contributed by atoms with van der Waals surface area (Å²) in [6.45, 7) is 3.22. The second-order valence-electron chi connectivity index (χ2n) is 13.0. The zero-order valence-corrected chi connectivity index (χ0v) is 35.1. The van der Waals surface area contributed by atoms with Crippen LogP contribution in [0.15, 0.2) is 109 Å². The number of carbonyl (C=O) groups is 2. The molecule has 0 fully saturated rings. The second-order valence-corrected chi connectivity index (χ2v) is 14.4. The third kappa shape index (κ3) is 38.9.